The molecule has 0 saturated heterocycles. The molecule has 132 valence electrons. The monoisotopic (exact) mass is 453 g/mol. The summed E-state index contributed by atoms with van der Waals surface area (Å²) in [6, 6.07) is 7.88. The lowest BCUT2D eigenvalue weighted by atomic mass is 10.3. The molecule has 0 amide bonds. The summed E-state index contributed by atoms with van der Waals surface area (Å²) >= 11 is 1.82. The quantitative estimate of drug-likeness (QED) is 0.260. The molecule has 7 heteroatoms. The number of guanidine groups is 1. The zero-order valence-electron chi connectivity index (χ0n) is 14.3. The van der Waals surface area contributed by atoms with Crippen LogP contribution < -0.4 is 15.4 Å². The molecule has 0 aliphatic rings. The number of aliphatic imine (C=N–C) groups is 1. The number of nitrogens with one attached hydrogen (secondary N) is 2. The van der Waals surface area contributed by atoms with E-state index in [1.54, 1.807) is 14.2 Å². The Morgan fingerprint density at radius 1 is 1.35 bits per heavy atom. The summed E-state index contributed by atoms with van der Waals surface area (Å²) < 4.78 is 10.7. The lowest BCUT2D eigenvalue weighted by Crippen LogP contribution is -2.34. The minimum Gasteiger partial charge on any atom is -0.493 e. The van der Waals surface area contributed by atoms with Crippen molar-refractivity contribution < 1.29 is 9.47 Å². The van der Waals surface area contributed by atoms with Gasteiger partial charge in [0.1, 0.15) is 5.75 Å². The van der Waals surface area contributed by atoms with Gasteiger partial charge >= 0.3 is 0 Å². The van der Waals surface area contributed by atoms with E-state index in [0.29, 0.717) is 18.5 Å². The number of rotatable bonds is 9. The molecule has 1 rings (SSSR count). The Kier molecular flexibility index (Phi) is 13.3. The third-order valence-electron chi connectivity index (χ3n) is 3.04. The van der Waals surface area contributed by atoms with Crippen LogP contribution >= 0.6 is 35.7 Å². The predicted molar refractivity (Wildman–Crippen MR) is 112 cm³/mol. The summed E-state index contributed by atoms with van der Waals surface area (Å²) in [5.41, 5.74) is 0.953. The molecule has 0 heterocycles. The number of benzene rings is 1. The molecule has 0 fully saturated rings. The number of nitrogens with zero attached hydrogens (tertiary/aromatic N) is 1. The van der Waals surface area contributed by atoms with E-state index >= 15 is 0 Å². The van der Waals surface area contributed by atoms with Gasteiger partial charge in [0.2, 0.25) is 0 Å². The zero-order valence-corrected chi connectivity index (χ0v) is 17.4. The van der Waals surface area contributed by atoms with Crippen LogP contribution in [0.4, 0.5) is 5.69 Å². The Bertz CT molecular complexity index is 461. The Balaban J connectivity index is 0.00000484. The number of anilines is 1. The second-order valence-electron chi connectivity index (χ2n) is 4.85. The Morgan fingerprint density at radius 3 is 2.78 bits per heavy atom. The SMILES string of the molecule is CN=C(NCC(C)SC)Nc1cccc(OCCCOC)c1.I. The molecule has 0 spiro atoms. The molecule has 1 atom stereocenters. The van der Waals surface area contributed by atoms with Crippen molar-refractivity contribution in [2.45, 2.75) is 18.6 Å². The first-order chi connectivity index (χ1) is 10.7. The van der Waals surface area contributed by atoms with Crippen molar-refractivity contribution in [1.82, 2.24) is 5.32 Å². The second kappa shape index (κ2) is 13.7. The van der Waals surface area contributed by atoms with Crippen LogP contribution in [-0.2, 0) is 4.74 Å². The van der Waals surface area contributed by atoms with Crippen molar-refractivity contribution in [3.63, 3.8) is 0 Å². The summed E-state index contributed by atoms with van der Waals surface area (Å²) in [5.74, 6) is 1.60. The van der Waals surface area contributed by atoms with E-state index in [9.17, 15) is 0 Å². The highest BCUT2D eigenvalue weighted by molar-refractivity contribution is 14.0. The van der Waals surface area contributed by atoms with Crippen molar-refractivity contribution in [3.05, 3.63) is 24.3 Å². The predicted octanol–water partition coefficient (Wildman–Crippen LogP) is 3.46. The van der Waals surface area contributed by atoms with Gasteiger partial charge < -0.3 is 20.1 Å². The number of halogens is 1. The van der Waals surface area contributed by atoms with Gasteiger partial charge in [-0.3, -0.25) is 4.99 Å². The summed E-state index contributed by atoms with van der Waals surface area (Å²) in [6.07, 6.45) is 2.98. The smallest absolute Gasteiger partial charge is 0.195 e. The Labute approximate surface area is 161 Å². The highest BCUT2D eigenvalue weighted by Crippen LogP contribution is 2.17. The molecule has 1 aromatic rings. The van der Waals surface area contributed by atoms with E-state index in [0.717, 1.165) is 30.4 Å². The number of thioether (sulfide) groups is 1. The standard InChI is InChI=1S/C16H27N3O2S.HI/c1-13(22-4)12-18-16(17-2)19-14-7-5-8-15(11-14)21-10-6-9-20-3;/h5,7-8,11,13H,6,9-10,12H2,1-4H3,(H2,17,18,19);1H. The van der Waals surface area contributed by atoms with Crippen LogP contribution in [0, 0.1) is 0 Å². The Hall–Kier alpha value is -0.670. The molecule has 1 unspecified atom stereocenters. The molecule has 0 aliphatic heterocycles. The van der Waals surface area contributed by atoms with Gasteiger partial charge in [-0.15, -0.1) is 24.0 Å². The van der Waals surface area contributed by atoms with Crippen LogP contribution in [0.2, 0.25) is 0 Å². The molecular weight excluding hydrogens is 425 g/mol. The van der Waals surface area contributed by atoms with Crippen LogP contribution in [0.15, 0.2) is 29.3 Å². The fraction of sp³-hybridized carbons (Fsp3) is 0.562. The number of ether oxygens (including phenoxy) is 2. The highest BCUT2D eigenvalue weighted by Gasteiger charge is 2.03. The average Bonchev–Trinajstić information content (AvgIpc) is 2.55. The van der Waals surface area contributed by atoms with Crippen LogP contribution in [0.25, 0.3) is 0 Å². The van der Waals surface area contributed by atoms with Crippen molar-refractivity contribution in [2.24, 2.45) is 4.99 Å². The molecule has 0 saturated carbocycles. The van der Waals surface area contributed by atoms with E-state index in [2.05, 4.69) is 28.8 Å². The zero-order chi connectivity index (χ0) is 16.2. The molecule has 1 aromatic carbocycles. The number of methoxy groups -OCH3 is 1. The molecule has 0 bridgehead atoms. The third-order valence-corrected chi connectivity index (χ3v) is 4.01. The maximum Gasteiger partial charge on any atom is 0.195 e. The van der Waals surface area contributed by atoms with Crippen molar-refractivity contribution >= 4 is 47.4 Å². The summed E-state index contributed by atoms with van der Waals surface area (Å²) in [6.45, 7) is 4.41. The molecular formula is C16H28IN3O2S. The average molecular weight is 453 g/mol. The lowest BCUT2D eigenvalue weighted by molar-refractivity contribution is 0.172. The second-order valence-corrected chi connectivity index (χ2v) is 6.12. The summed E-state index contributed by atoms with van der Waals surface area (Å²) in [4.78, 5) is 4.23. The molecule has 0 aliphatic carbocycles. The fourth-order valence-corrected chi connectivity index (χ4v) is 1.95. The molecule has 0 radical (unpaired) electrons. The van der Waals surface area contributed by atoms with Crippen LogP contribution in [-0.4, -0.2) is 51.4 Å². The topological polar surface area (TPSA) is 54.9 Å². The van der Waals surface area contributed by atoms with Crippen LogP contribution in [0.3, 0.4) is 0 Å². The maximum atomic E-state index is 5.70. The van der Waals surface area contributed by atoms with Crippen LogP contribution in [0.5, 0.6) is 5.75 Å². The first-order valence-electron chi connectivity index (χ1n) is 7.42. The number of hydrogen-bond donors (Lipinski definition) is 2. The minimum absolute atomic E-state index is 0. The summed E-state index contributed by atoms with van der Waals surface area (Å²) in [7, 11) is 3.46. The van der Waals surface area contributed by atoms with E-state index in [-0.39, 0.29) is 24.0 Å². The van der Waals surface area contributed by atoms with Crippen molar-refractivity contribution in [3.8, 4) is 5.75 Å². The van der Waals surface area contributed by atoms with Gasteiger partial charge in [0, 0.05) is 50.7 Å². The lowest BCUT2D eigenvalue weighted by Gasteiger charge is -2.15. The molecule has 2 N–H and O–H groups in total. The van der Waals surface area contributed by atoms with E-state index < -0.39 is 0 Å². The minimum atomic E-state index is 0. The first-order valence-corrected chi connectivity index (χ1v) is 8.70. The number of hydrogen-bond acceptors (Lipinski definition) is 4. The van der Waals surface area contributed by atoms with Gasteiger partial charge in [0.05, 0.1) is 6.61 Å². The van der Waals surface area contributed by atoms with Crippen molar-refractivity contribution in [1.29, 1.82) is 0 Å². The van der Waals surface area contributed by atoms with Gasteiger partial charge in [0.25, 0.3) is 0 Å². The van der Waals surface area contributed by atoms with Gasteiger partial charge in [-0.25, -0.2) is 0 Å². The highest BCUT2D eigenvalue weighted by atomic mass is 127. The third kappa shape index (κ3) is 9.93. The fourth-order valence-electron chi connectivity index (χ4n) is 1.70. The molecule has 23 heavy (non-hydrogen) atoms. The normalized spacial score (nSPS) is 12.3. The molecule has 5 nitrogen and oxygen atoms in total. The van der Waals surface area contributed by atoms with Crippen molar-refractivity contribution in [2.75, 3.05) is 45.5 Å². The van der Waals surface area contributed by atoms with E-state index in [1.807, 2.05) is 36.0 Å². The first kappa shape index (κ1) is 22.3. The van der Waals surface area contributed by atoms with E-state index in [1.165, 1.54) is 0 Å². The molecule has 0 aromatic heterocycles. The Morgan fingerprint density at radius 2 is 2.13 bits per heavy atom. The van der Waals surface area contributed by atoms with Gasteiger partial charge in [0.15, 0.2) is 5.96 Å². The summed E-state index contributed by atoms with van der Waals surface area (Å²) in [5, 5.41) is 7.12. The van der Waals surface area contributed by atoms with Gasteiger partial charge in [-0.2, -0.15) is 11.8 Å². The van der Waals surface area contributed by atoms with E-state index in [4.69, 9.17) is 9.47 Å². The van der Waals surface area contributed by atoms with Gasteiger partial charge in [-0.1, -0.05) is 13.0 Å². The maximum absolute atomic E-state index is 5.70. The largest absolute Gasteiger partial charge is 0.493 e. The van der Waals surface area contributed by atoms with Gasteiger partial charge in [-0.05, 0) is 18.4 Å². The van der Waals surface area contributed by atoms with Crippen LogP contribution in [0.1, 0.15) is 13.3 Å².